The Kier molecular flexibility index (Phi) is 6.81. The van der Waals surface area contributed by atoms with Crippen molar-refractivity contribution >= 4 is 43.5 Å². The number of benzene rings is 8. The fourth-order valence-electron chi connectivity index (χ4n) is 7.41. The fraction of sp³-hybridized carbons (Fsp3) is 0. The zero-order chi connectivity index (χ0) is 33.7. The average Bonchev–Trinajstić information content (AvgIpc) is 3.59. The van der Waals surface area contributed by atoms with Crippen LogP contribution in [-0.4, -0.2) is 9.97 Å². The maximum absolute atomic E-state index is 6.44. The molecule has 2 heterocycles. The molecular formula is C48H30N2O. The van der Waals surface area contributed by atoms with Gasteiger partial charge in [0.25, 0.3) is 0 Å². The van der Waals surface area contributed by atoms with Crippen LogP contribution >= 0.6 is 0 Å². The summed E-state index contributed by atoms with van der Waals surface area (Å²) in [5.41, 5.74) is 11.2. The zero-order valence-corrected chi connectivity index (χ0v) is 27.6. The predicted molar refractivity (Wildman–Crippen MR) is 212 cm³/mol. The number of nitrogens with zero attached hydrogens (tertiary/aromatic N) is 2. The molecule has 2 aromatic heterocycles. The summed E-state index contributed by atoms with van der Waals surface area (Å²) >= 11 is 0. The minimum Gasteiger partial charge on any atom is -0.456 e. The number of hydrogen-bond donors (Lipinski definition) is 0. The highest BCUT2D eigenvalue weighted by Gasteiger charge is 2.17. The van der Waals surface area contributed by atoms with Crippen LogP contribution in [0.3, 0.4) is 0 Å². The second kappa shape index (κ2) is 11.9. The number of furan rings is 1. The molecule has 0 saturated carbocycles. The first kappa shape index (κ1) is 29.1. The van der Waals surface area contributed by atoms with E-state index in [1.54, 1.807) is 0 Å². The molecule has 0 bridgehead atoms. The van der Waals surface area contributed by atoms with Gasteiger partial charge in [-0.2, -0.15) is 0 Å². The van der Waals surface area contributed by atoms with Crippen LogP contribution in [0.2, 0.25) is 0 Å². The minimum atomic E-state index is 0.691. The highest BCUT2D eigenvalue weighted by atomic mass is 16.3. The highest BCUT2D eigenvalue weighted by Crippen LogP contribution is 2.40. The van der Waals surface area contributed by atoms with E-state index >= 15 is 0 Å². The second-order valence-electron chi connectivity index (χ2n) is 13.0. The third kappa shape index (κ3) is 5.06. The molecule has 0 N–H and O–H groups in total. The molecule has 238 valence electrons. The Morgan fingerprint density at radius 2 is 0.980 bits per heavy atom. The third-order valence-electron chi connectivity index (χ3n) is 9.90. The molecule has 8 aromatic carbocycles. The van der Waals surface area contributed by atoms with E-state index in [4.69, 9.17) is 14.4 Å². The molecule has 0 unspecified atom stereocenters. The molecule has 0 radical (unpaired) electrons. The SMILES string of the molecule is c1ccc(-c2cc(-c3cccc4oc5ccc(-c6ccc(-c7cc8ccccc8c8ccccc78)cc6)cc5c34)nc(-c3ccccc3)n2)cc1. The maximum atomic E-state index is 6.44. The summed E-state index contributed by atoms with van der Waals surface area (Å²) in [6, 6.07) is 63.9. The van der Waals surface area contributed by atoms with Crippen molar-refractivity contribution in [2.75, 3.05) is 0 Å². The van der Waals surface area contributed by atoms with E-state index in [9.17, 15) is 0 Å². The fourth-order valence-corrected chi connectivity index (χ4v) is 7.41. The van der Waals surface area contributed by atoms with Gasteiger partial charge in [-0.1, -0.05) is 152 Å². The molecule has 10 rings (SSSR count). The van der Waals surface area contributed by atoms with Crippen molar-refractivity contribution in [2.24, 2.45) is 0 Å². The number of fused-ring (bicyclic) bond motifs is 6. The lowest BCUT2D eigenvalue weighted by molar-refractivity contribution is 0.669. The topological polar surface area (TPSA) is 38.9 Å². The molecule has 3 nitrogen and oxygen atoms in total. The summed E-state index contributed by atoms with van der Waals surface area (Å²) in [4.78, 5) is 10.2. The molecule has 0 aliphatic rings. The lowest BCUT2D eigenvalue weighted by Gasteiger charge is -2.12. The van der Waals surface area contributed by atoms with E-state index in [1.807, 2.05) is 48.5 Å². The Morgan fingerprint density at radius 3 is 1.78 bits per heavy atom. The van der Waals surface area contributed by atoms with Gasteiger partial charge in [-0.3, -0.25) is 0 Å². The van der Waals surface area contributed by atoms with Crippen LogP contribution in [0.4, 0.5) is 0 Å². The van der Waals surface area contributed by atoms with Crippen LogP contribution in [-0.2, 0) is 0 Å². The summed E-state index contributed by atoms with van der Waals surface area (Å²) in [6.45, 7) is 0. The Hall–Kier alpha value is -6.84. The standard InChI is InChI=1S/C48H30N2O/c1-3-12-33(13-4-1)43-30-44(50-48(49-43)34-14-5-2-6-15-34)40-20-11-21-46-47(40)42-28-35(26-27-45(42)51-46)31-22-24-32(25-23-31)41-29-36-16-7-8-17-37(36)38-18-9-10-19-39(38)41/h1-30H. The molecule has 0 atom stereocenters. The Bertz CT molecular complexity index is 2830. The number of hydrogen-bond acceptors (Lipinski definition) is 3. The molecule has 0 amide bonds. The zero-order valence-electron chi connectivity index (χ0n) is 27.6. The monoisotopic (exact) mass is 650 g/mol. The largest absolute Gasteiger partial charge is 0.456 e. The molecule has 0 spiro atoms. The number of rotatable bonds is 5. The van der Waals surface area contributed by atoms with Gasteiger partial charge in [0.2, 0.25) is 0 Å². The van der Waals surface area contributed by atoms with E-state index in [0.717, 1.165) is 61.1 Å². The number of aromatic nitrogens is 2. The van der Waals surface area contributed by atoms with Crippen molar-refractivity contribution in [1.29, 1.82) is 0 Å². The van der Waals surface area contributed by atoms with Gasteiger partial charge in [-0.25, -0.2) is 9.97 Å². The van der Waals surface area contributed by atoms with Gasteiger partial charge in [0.15, 0.2) is 5.82 Å². The predicted octanol–water partition coefficient (Wildman–Crippen LogP) is 13.0. The third-order valence-corrected chi connectivity index (χ3v) is 9.90. The first-order chi connectivity index (χ1) is 25.3. The van der Waals surface area contributed by atoms with E-state index < -0.39 is 0 Å². The van der Waals surface area contributed by atoms with E-state index in [2.05, 4.69) is 133 Å². The van der Waals surface area contributed by atoms with Crippen LogP contribution < -0.4 is 0 Å². The molecule has 0 aliphatic carbocycles. The molecule has 0 aliphatic heterocycles. The average molecular weight is 651 g/mol. The highest BCUT2D eigenvalue weighted by molar-refractivity contribution is 6.14. The van der Waals surface area contributed by atoms with E-state index in [-0.39, 0.29) is 0 Å². The lowest BCUT2D eigenvalue weighted by Crippen LogP contribution is -1.96. The van der Waals surface area contributed by atoms with Crippen LogP contribution in [0.5, 0.6) is 0 Å². The van der Waals surface area contributed by atoms with Crippen LogP contribution in [0.25, 0.3) is 99.6 Å². The van der Waals surface area contributed by atoms with Gasteiger partial charge < -0.3 is 4.42 Å². The Morgan fingerprint density at radius 1 is 0.333 bits per heavy atom. The minimum absolute atomic E-state index is 0.691. The molecule has 3 heteroatoms. The van der Waals surface area contributed by atoms with Gasteiger partial charge in [-0.15, -0.1) is 0 Å². The molecule has 0 saturated heterocycles. The van der Waals surface area contributed by atoms with E-state index in [0.29, 0.717) is 5.82 Å². The molecular weight excluding hydrogens is 621 g/mol. The van der Waals surface area contributed by atoms with Crippen LogP contribution in [0.15, 0.2) is 186 Å². The van der Waals surface area contributed by atoms with Crippen molar-refractivity contribution in [3.63, 3.8) is 0 Å². The summed E-state index contributed by atoms with van der Waals surface area (Å²) in [6.07, 6.45) is 0. The van der Waals surface area contributed by atoms with Gasteiger partial charge >= 0.3 is 0 Å². The summed E-state index contributed by atoms with van der Waals surface area (Å²) in [5.74, 6) is 0.691. The summed E-state index contributed by atoms with van der Waals surface area (Å²) in [7, 11) is 0. The quantitative estimate of drug-likeness (QED) is 0.174. The van der Waals surface area contributed by atoms with Gasteiger partial charge in [0, 0.05) is 27.5 Å². The lowest BCUT2D eigenvalue weighted by atomic mass is 9.92. The van der Waals surface area contributed by atoms with Crippen molar-refractivity contribution < 1.29 is 4.42 Å². The normalized spacial score (nSPS) is 11.5. The van der Waals surface area contributed by atoms with Crippen LogP contribution in [0.1, 0.15) is 0 Å². The van der Waals surface area contributed by atoms with Crippen molar-refractivity contribution in [1.82, 2.24) is 9.97 Å². The molecule has 51 heavy (non-hydrogen) atoms. The molecule has 0 fully saturated rings. The van der Waals surface area contributed by atoms with Gasteiger partial charge in [-0.05, 0) is 74.1 Å². The van der Waals surface area contributed by atoms with Crippen LogP contribution in [0, 0.1) is 0 Å². The van der Waals surface area contributed by atoms with Gasteiger partial charge in [0.05, 0.1) is 11.4 Å². The Labute approximate surface area is 295 Å². The first-order valence-electron chi connectivity index (χ1n) is 17.2. The van der Waals surface area contributed by atoms with Crippen molar-refractivity contribution in [3.05, 3.63) is 182 Å². The summed E-state index contributed by atoms with van der Waals surface area (Å²) in [5, 5.41) is 7.17. The van der Waals surface area contributed by atoms with Crippen molar-refractivity contribution in [3.8, 4) is 56.2 Å². The van der Waals surface area contributed by atoms with E-state index in [1.165, 1.54) is 32.7 Å². The van der Waals surface area contributed by atoms with Gasteiger partial charge in [0.1, 0.15) is 11.2 Å². The summed E-state index contributed by atoms with van der Waals surface area (Å²) < 4.78 is 6.44. The maximum Gasteiger partial charge on any atom is 0.160 e. The Balaban J connectivity index is 1.10. The first-order valence-corrected chi connectivity index (χ1v) is 17.2. The smallest absolute Gasteiger partial charge is 0.160 e. The molecule has 10 aromatic rings. The van der Waals surface area contributed by atoms with Crippen molar-refractivity contribution in [2.45, 2.75) is 0 Å². The second-order valence-corrected chi connectivity index (χ2v) is 13.0.